The molecule has 1 aromatic heterocycles. The Hall–Kier alpha value is -1.18. The number of nitrogens with zero attached hydrogens (tertiary/aromatic N) is 3. The molecule has 98 valence electrons. The van der Waals surface area contributed by atoms with E-state index in [-0.39, 0.29) is 0 Å². The predicted octanol–water partition coefficient (Wildman–Crippen LogP) is 3.40. The molecule has 5 heteroatoms. The largest absolute Gasteiger partial charge is 0.327 e. The van der Waals surface area contributed by atoms with Crippen molar-refractivity contribution in [2.45, 2.75) is 18.8 Å². The SMILES string of the molecule is N#Cc1cccc2c1nc(CCl)n2CC1CCSC1. The zero-order valence-corrected chi connectivity index (χ0v) is 12.0. The van der Waals surface area contributed by atoms with Crippen LogP contribution in [0.15, 0.2) is 18.2 Å². The van der Waals surface area contributed by atoms with Crippen molar-refractivity contribution in [1.82, 2.24) is 9.55 Å². The number of thioether (sulfide) groups is 1. The quantitative estimate of drug-likeness (QED) is 0.814. The van der Waals surface area contributed by atoms with E-state index in [4.69, 9.17) is 16.9 Å². The third-order valence-electron chi connectivity index (χ3n) is 3.56. The lowest BCUT2D eigenvalue weighted by molar-refractivity contribution is 0.493. The van der Waals surface area contributed by atoms with E-state index in [1.807, 2.05) is 30.0 Å². The molecule has 0 spiro atoms. The summed E-state index contributed by atoms with van der Waals surface area (Å²) in [6, 6.07) is 7.96. The number of rotatable bonds is 3. The number of hydrogen-bond donors (Lipinski definition) is 0. The fourth-order valence-corrected chi connectivity index (χ4v) is 4.05. The number of nitriles is 1. The molecule has 3 nitrogen and oxygen atoms in total. The molecule has 0 bridgehead atoms. The Labute approximate surface area is 121 Å². The van der Waals surface area contributed by atoms with Crippen LogP contribution < -0.4 is 0 Å². The first-order chi connectivity index (χ1) is 9.33. The summed E-state index contributed by atoms with van der Waals surface area (Å²) in [5, 5.41) is 9.16. The monoisotopic (exact) mass is 291 g/mol. The fourth-order valence-electron chi connectivity index (χ4n) is 2.58. The molecule has 0 aliphatic carbocycles. The average molecular weight is 292 g/mol. The second-order valence-corrected chi connectivity index (χ2v) is 6.20. The van der Waals surface area contributed by atoms with Crippen LogP contribution in [0.3, 0.4) is 0 Å². The lowest BCUT2D eigenvalue weighted by Crippen LogP contribution is -2.12. The first kappa shape index (κ1) is 12.8. The first-order valence-corrected chi connectivity index (χ1v) is 8.04. The van der Waals surface area contributed by atoms with Gasteiger partial charge in [0.25, 0.3) is 0 Å². The Morgan fingerprint density at radius 1 is 1.53 bits per heavy atom. The van der Waals surface area contributed by atoms with E-state index in [2.05, 4.69) is 15.6 Å². The van der Waals surface area contributed by atoms with E-state index < -0.39 is 0 Å². The molecule has 1 fully saturated rings. The topological polar surface area (TPSA) is 41.6 Å². The van der Waals surface area contributed by atoms with Gasteiger partial charge in [0, 0.05) is 6.54 Å². The summed E-state index contributed by atoms with van der Waals surface area (Å²) in [5.74, 6) is 4.40. The van der Waals surface area contributed by atoms with Crippen LogP contribution in [0.5, 0.6) is 0 Å². The number of halogens is 1. The van der Waals surface area contributed by atoms with Gasteiger partial charge in [0.15, 0.2) is 0 Å². The molecule has 1 atom stereocenters. The van der Waals surface area contributed by atoms with E-state index in [1.165, 1.54) is 17.9 Å². The standard InChI is InChI=1S/C14H14ClN3S/c15-6-13-17-14-11(7-16)2-1-3-12(14)18(13)8-10-4-5-19-9-10/h1-3,10H,4-6,8-9H2. The summed E-state index contributed by atoms with van der Waals surface area (Å²) in [6.45, 7) is 0.959. The molecule has 2 heterocycles. The second kappa shape index (κ2) is 5.44. The van der Waals surface area contributed by atoms with Crippen LogP contribution >= 0.6 is 23.4 Å². The van der Waals surface area contributed by atoms with Crippen molar-refractivity contribution in [2.24, 2.45) is 5.92 Å². The normalized spacial score (nSPS) is 18.8. The molecule has 0 saturated carbocycles. The first-order valence-electron chi connectivity index (χ1n) is 6.35. The van der Waals surface area contributed by atoms with Gasteiger partial charge in [-0.3, -0.25) is 0 Å². The maximum absolute atomic E-state index is 9.16. The molecule has 0 amide bonds. The smallest absolute Gasteiger partial charge is 0.124 e. The Kier molecular flexibility index (Phi) is 3.67. The molecule has 1 saturated heterocycles. The Bertz CT molecular complexity index is 638. The summed E-state index contributed by atoms with van der Waals surface area (Å²) in [5.41, 5.74) is 2.45. The molecule has 0 N–H and O–H groups in total. The van der Waals surface area contributed by atoms with E-state index in [1.54, 1.807) is 0 Å². The van der Waals surface area contributed by atoms with Gasteiger partial charge >= 0.3 is 0 Å². The van der Waals surface area contributed by atoms with Crippen molar-refractivity contribution in [3.63, 3.8) is 0 Å². The zero-order valence-electron chi connectivity index (χ0n) is 10.5. The minimum absolute atomic E-state index is 0.388. The number of para-hydroxylation sites is 1. The molecule has 2 aromatic rings. The van der Waals surface area contributed by atoms with E-state index in [0.29, 0.717) is 17.4 Å². The Balaban J connectivity index is 2.08. The molecule has 1 aliphatic rings. The number of alkyl halides is 1. The minimum Gasteiger partial charge on any atom is -0.327 e. The van der Waals surface area contributed by atoms with Gasteiger partial charge in [0.05, 0.1) is 17.0 Å². The van der Waals surface area contributed by atoms with Crippen LogP contribution in [-0.2, 0) is 12.4 Å². The highest BCUT2D eigenvalue weighted by Crippen LogP contribution is 2.28. The summed E-state index contributed by atoms with van der Waals surface area (Å²) in [4.78, 5) is 4.55. The highest BCUT2D eigenvalue weighted by Gasteiger charge is 2.20. The van der Waals surface area contributed by atoms with Crippen LogP contribution in [0.4, 0.5) is 0 Å². The second-order valence-electron chi connectivity index (χ2n) is 4.79. The Morgan fingerprint density at radius 2 is 2.42 bits per heavy atom. The van der Waals surface area contributed by atoms with Gasteiger partial charge in [-0.2, -0.15) is 17.0 Å². The van der Waals surface area contributed by atoms with Crippen molar-refractivity contribution in [2.75, 3.05) is 11.5 Å². The van der Waals surface area contributed by atoms with Gasteiger partial charge in [0.1, 0.15) is 17.4 Å². The summed E-state index contributed by atoms with van der Waals surface area (Å²) in [6.07, 6.45) is 1.25. The van der Waals surface area contributed by atoms with Gasteiger partial charge < -0.3 is 4.57 Å². The molecule has 19 heavy (non-hydrogen) atoms. The van der Waals surface area contributed by atoms with Crippen molar-refractivity contribution >= 4 is 34.4 Å². The van der Waals surface area contributed by atoms with Crippen molar-refractivity contribution in [1.29, 1.82) is 5.26 Å². The molecule has 1 aromatic carbocycles. The number of hydrogen-bond acceptors (Lipinski definition) is 3. The van der Waals surface area contributed by atoms with Gasteiger partial charge in [-0.05, 0) is 36.0 Å². The van der Waals surface area contributed by atoms with Crippen LogP contribution in [-0.4, -0.2) is 21.1 Å². The van der Waals surface area contributed by atoms with Crippen LogP contribution in [0.25, 0.3) is 11.0 Å². The fraction of sp³-hybridized carbons (Fsp3) is 0.429. The molecular formula is C14H14ClN3S. The maximum atomic E-state index is 9.16. The number of benzene rings is 1. The average Bonchev–Trinajstić information content (AvgIpc) is 3.07. The summed E-state index contributed by atoms with van der Waals surface area (Å²) >= 11 is 8.02. The van der Waals surface area contributed by atoms with Gasteiger partial charge in [-0.25, -0.2) is 4.98 Å². The third-order valence-corrected chi connectivity index (χ3v) is 5.03. The summed E-state index contributed by atoms with van der Waals surface area (Å²) < 4.78 is 2.19. The molecule has 3 rings (SSSR count). The predicted molar refractivity (Wildman–Crippen MR) is 79.4 cm³/mol. The van der Waals surface area contributed by atoms with E-state index >= 15 is 0 Å². The van der Waals surface area contributed by atoms with E-state index in [9.17, 15) is 0 Å². The van der Waals surface area contributed by atoms with Crippen molar-refractivity contribution in [3.8, 4) is 6.07 Å². The lowest BCUT2D eigenvalue weighted by Gasteiger charge is -2.12. The zero-order chi connectivity index (χ0) is 13.2. The van der Waals surface area contributed by atoms with Gasteiger partial charge in [0.2, 0.25) is 0 Å². The van der Waals surface area contributed by atoms with Gasteiger partial charge in [-0.1, -0.05) is 6.07 Å². The van der Waals surface area contributed by atoms with Crippen LogP contribution in [0.2, 0.25) is 0 Å². The van der Waals surface area contributed by atoms with Gasteiger partial charge in [-0.15, -0.1) is 11.6 Å². The number of fused-ring (bicyclic) bond motifs is 1. The molecular weight excluding hydrogens is 278 g/mol. The number of aromatic nitrogens is 2. The highest BCUT2D eigenvalue weighted by molar-refractivity contribution is 7.99. The van der Waals surface area contributed by atoms with E-state index in [0.717, 1.165) is 23.4 Å². The number of imidazole rings is 1. The Morgan fingerprint density at radius 3 is 3.11 bits per heavy atom. The highest BCUT2D eigenvalue weighted by atomic mass is 35.5. The molecule has 1 unspecified atom stereocenters. The third kappa shape index (κ3) is 2.33. The molecule has 0 radical (unpaired) electrons. The minimum atomic E-state index is 0.388. The van der Waals surface area contributed by atoms with Crippen LogP contribution in [0.1, 0.15) is 17.8 Å². The van der Waals surface area contributed by atoms with Crippen molar-refractivity contribution in [3.05, 3.63) is 29.6 Å². The van der Waals surface area contributed by atoms with Crippen LogP contribution in [0, 0.1) is 17.2 Å². The van der Waals surface area contributed by atoms with Crippen molar-refractivity contribution < 1.29 is 0 Å². The lowest BCUT2D eigenvalue weighted by atomic mass is 10.1. The summed E-state index contributed by atoms with van der Waals surface area (Å²) in [7, 11) is 0. The molecule has 1 aliphatic heterocycles. The maximum Gasteiger partial charge on any atom is 0.124 e.